The Bertz CT molecular complexity index is 476. The van der Waals surface area contributed by atoms with Crippen molar-refractivity contribution < 1.29 is 19.4 Å². The van der Waals surface area contributed by atoms with Gasteiger partial charge in [-0.2, -0.15) is 0 Å². The highest BCUT2D eigenvalue weighted by molar-refractivity contribution is 6.32. The van der Waals surface area contributed by atoms with Crippen LogP contribution in [0.15, 0.2) is 18.2 Å². The molecule has 0 aliphatic carbocycles. The molecular weight excluding hydrogens is 270 g/mol. The Balaban J connectivity index is 2.73. The number of hydrogen-bond donors (Lipinski definition) is 2. The molecule has 1 aromatic rings. The molecule has 0 aliphatic rings. The molecule has 2 N–H and O–H groups in total. The normalized spacial score (nSPS) is 11.7. The van der Waals surface area contributed by atoms with E-state index < -0.39 is 17.8 Å². The van der Waals surface area contributed by atoms with Crippen LogP contribution >= 0.6 is 11.6 Å². The van der Waals surface area contributed by atoms with E-state index >= 15 is 0 Å². The SMILES string of the molecule is CCCOc1ccc(NC(=O)C(C)C(=O)O)cc1Cl. The average molecular weight is 286 g/mol. The maximum atomic E-state index is 11.6. The molecule has 19 heavy (non-hydrogen) atoms. The van der Waals surface area contributed by atoms with Gasteiger partial charge in [-0.1, -0.05) is 18.5 Å². The summed E-state index contributed by atoms with van der Waals surface area (Å²) >= 11 is 6.00. The van der Waals surface area contributed by atoms with Crippen molar-refractivity contribution in [3.63, 3.8) is 0 Å². The van der Waals surface area contributed by atoms with Gasteiger partial charge in [0.2, 0.25) is 5.91 Å². The van der Waals surface area contributed by atoms with Gasteiger partial charge < -0.3 is 15.2 Å². The number of carbonyl (C=O) groups excluding carboxylic acids is 1. The number of hydrogen-bond acceptors (Lipinski definition) is 3. The van der Waals surface area contributed by atoms with Crippen LogP contribution in [0.25, 0.3) is 0 Å². The molecule has 0 heterocycles. The molecule has 1 amide bonds. The third-order valence-corrected chi connectivity index (χ3v) is 2.72. The lowest BCUT2D eigenvalue weighted by Gasteiger charge is -2.11. The summed E-state index contributed by atoms with van der Waals surface area (Å²) in [5, 5.41) is 11.6. The first-order valence-corrected chi connectivity index (χ1v) is 6.29. The number of carboxylic acid groups (broad SMARTS) is 1. The molecule has 0 aromatic heterocycles. The molecule has 0 bridgehead atoms. The number of carbonyl (C=O) groups is 2. The van der Waals surface area contributed by atoms with Gasteiger partial charge in [0.1, 0.15) is 11.7 Å². The van der Waals surface area contributed by atoms with Crippen molar-refractivity contribution in [3.05, 3.63) is 23.2 Å². The smallest absolute Gasteiger partial charge is 0.315 e. The van der Waals surface area contributed by atoms with Crippen molar-refractivity contribution in [2.24, 2.45) is 5.92 Å². The number of benzene rings is 1. The van der Waals surface area contributed by atoms with Crippen molar-refractivity contribution in [1.29, 1.82) is 0 Å². The number of anilines is 1. The summed E-state index contributed by atoms with van der Waals surface area (Å²) in [7, 11) is 0. The molecule has 1 aromatic carbocycles. The van der Waals surface area contributed by atoms with Gasteiger partial charge in [0.15, 0.2) is 0 Å². The van der Waals surface area contributed by atoms with Crippen molar-refractivity contribution >= 4 is 29.2 Å². The second-order valence-corrected chi connectivity index (χ2v) is 4.45. The number of carboxylic acids is 1. The van der Waals surface area contributed by atoms with Crippen molar-refractivity contribution in [2.45, 2.75) is 20.3 Å². The molecule has 1 unspecified atom stereocenters. The van der Waals surface area contributed by atoms with E-state index in [1.165, 1.54) is 13.0 Å². The summed E-state index contributed by atoms with van der Waals surface area (Å²) < 4.78 is 5.39. The maximum Gasteiger partial charge on any atom is 0.315 e. The standard InChI is InChI=1S/C13H16ClNO4/c1-3-6-19-11-5-4-9(7-10(11)14)15-12(16)8(2)13(17)18/h4-5,7-8H,3,6H2,1-2H3,(H,15,16)(H,17,18). The molecule has 0 saturated heterocycles. The van der Waals surface area contributed by atoms with E-state index in [1.54, 1.807) is 12.1 Å². The highest BCUT2D eigenvalue weighted by Crippen LogP contribution is 2.28. The van der Waals surface area contributed by atoms with Gasteiger partial charge >= 0.3 is 5.97 Å². The lowest BCUT2D eigenvalue weighted by molar-refractivity contribution is -0.144. The van der Waals surface area contributed by atoms with Crippen molar-refractivity contribution in [1.82, 2.24) is 0 Å². The van der Waals surface area contributed by atoms with Crippen LogP contribution in [0, 0.1) is 5.92 Å². The molecule has 0 spiro atoms. The van der Waals surface area contributed by atoms with Crippen molar-refractivity contribution in [3.8, 4) is 5.75 Å². The van der Waals surface area contributed by atoms with Gasteiger partial charge in [-0.25, -0.2) is 0 Å². The second kappa shape index (κ2) is 6.99. The average Bonchev–Trinajstić information content (AvgIpc) is 2.36. The fourth-order valence-electron chi connectivity index (χ4n) is 1.27. The lowest BCUT2D eigenvalue weighted by Crippen LogP contribution is -2.26. The van der Waals surface area contributed by atoms with Gasteiger partial charge in [-0.3, -0.25) is 9.59 Å². The van der Waals surface area contributed by atoms with E-state index in [1.807, 2.05) is 6.92 Å². The molecule has 0 fully saturated rings. The first-order valence-electron chi connectivity index (χ1n) is 5.91. The zero-order valence-corrected chi connectivity index (χ0v) is 11.5. The van der Waals surface area contributed by atoms with E-state index in [-0.39, 0.29) is 0 Å². The number of halogens is 1. The van der Waals surface area contributed by atoms with Gasteiger partial charge in [0, 0.05) is 5.69 Å². The Morgan fingerprint density at radius 2 is 2.16 bits per heavy atom. The number of aliphatic carboxylic acids is 1. The minimum atomic E-state index is -1.17. The summed E-state index contributed by atoms with van der Waals surface area (Å²) in [5.74, 6) is -2.35. The first kappa shape index (κ1) is 15.3. The van der Waals surface area contributed by atoms with Crippen LogP contribution < -0.4 is 10.1 Å². The van der Waals surface area contributed by atoms with E-state index in [9.17, 15) is 9.59 Å². The molecule has 1 rings (SSSR count). The van der Waals surface area contributed by atoms with Crippen LogP contribution in [0.4, 0.5) is 5.69 Å². The topological polar surface area (TPSA) is 75.6 Å². The molecule has 0 radical (unpaired) electrons. The molecule has 104 valence electrons. The van der Waals surface area contributed by atoms with Crippen LogP contribution in [0.3, 0.4) is 0 Å². The van der Waals surface area contributed by atoms with Gasteiger partial charge in [-0.15, -0.1) is 0 Å². The largest absolute Gasteiger partial charge is 0.492 e. The summed E-state index contributed by atoms with van der Waals surface area (Å²) in [5.41, 5.74) is 0.437. The Morgan fingerprint density at radius 1 is 1.47 bits per heavy atom. The second-order valence-electron chi connectivity index (χ2n) is 4.04. The molecule has 1 atom stereocenters. The van der Waals surface area contributed by atoms with E-state index in [0.717, 1.165) is 6.42 Å². The molecule has 6 heteroatoms. The fraction of sp³-hybridized carbons (Fsp3) is 0.385. The third-order valence-electron chi connectivity index (χ3n) is 2.42. The summed E-state index contributed by atoms with van der Waals surface area (Å²) in [4.78, 5) is 22.2. The first-order chi connectivity index (χ1) is 8.95. The molecular formula is C13H16ClNO4. The maximum absolute atomic E-state index is 11.6. The Labute approximate surface area is 116 Å². The minimum Gasteiger partial charge on any atom is -0.492 e. The summed E-state index contributed by atoms with van der Waals surface area (Å²) in [6, 6.07) is 4.78. The molecule has 5 nitrogen and oxygen atoms in total. The van der Waals surface area contributed by atoms with Gasteiger partial charge in [0.25, 0.3) is 0 Å². The predicted molar refractivity (Wildman–Crippen MR) is 72.7 cm³/mol. The number of nitrogens with one attached hydrogen (secondary N) is 1. The van der Waals surface area contributed by atoms with Gasteiger partial charge in [-0.05, 0) is 31.5 Å². The van der Waals surface area contributed by atoms with E-state index in [4.69, 9.17) is 21.4 Å². The van der Waals surface area contributed by atoms with Gasteiger partial charge in [0.05, 0.1) is 11.6 Å². The van der Waals surface area contributed by atoms with Crippen LogP contribution in [-0.2, 0) is 9.59 Å². The third kappa shape index (κ3) is 4.44. The Kier molecular flexibility index (Phi) is 5.63. The Morgan fingerprint density at radius 3 is 2.68 bits per heavy atom. The predicted octanol–water partition coefficient (Wildman–Crippen LogP) is 2.79. The number of ether oxygens (including phenoxy) is 1. The fourth-order valence-corrected chi connectivity index (χ4v) is 1.51. The van der Waals surface area contributed by atoms with E-state index in [2.05, 4.69) is 5.32 Å². The van der Waals surface area contributed by atoms with Crippen LogP contribution in [0.1, 0.15) is 20.3 Å². The monoisotopic (exact) mass is 285 g/mol. The zero-order chi connectivity index (χ0) is 14.4. The van der Waals surface area contributed by atoms with E-state index in [0.29, 0.717) is 23.1 Å². The quantitative estimate of drug-likeness (QED) is 0.788. The molecule has 0 aliphatic heterocycles. The zero-order valence-electron chi connectivity index (χ0n) is 10.8. The summed E-state index contributed by atoms with van der Waals surface area (Å²) in [6.45, 7) is 3.86. The summed E-state index contributed by atoms with van der Waals surface area (Å²) in [6.07, 6.45) is 0.866. The van der Waals surface area contributed by atoms with Crippen LogP contribution in [0.5, 0.6) is 5.75 Å². The Hall–Kier alpha value is -1.75. The highest BCUT2D eigenvalue weighted by atomic mass is 35.5. The highest BCUT2D eigenvalue weighted by Gasteiger charge is 2.20. The number of amides is 1. The molecule has 0 saturated carbocycles. The minimum absolute atomic E-state index is 0.370. The van der Waals surface area contributed by atoms with Crippen molar-refractivity contribution in [2.75, 3.05) is 11.9 Å². The van der Waals surface area contributed by atoms with Crippen LogP contribution in [-0.4, -0.2) is 23.6 Å². The van der Waals surface area contributed by atoms with Crippen LogP contribution in [0.2, 0.25) is 5.02 Å². The lowest BCUT2D eigenvalue weighted by atomic mass is 10.1. The number of rotatable bonds is 6.